The van der Waals surface area contributed by atoms with Gasteiger partial charge in [-0.2, -0.15) is 0 Å². The highest BCUT2D eigenvalue weighted by atomic mass is 32.1. The molecule has 0 atom stereocenters. The highest BCUT2D eigenvalue weighted by Gasteiger charge is 2.08. The summed E-state index contributed by atoms with van der Waals surface area (Å²) in [6.45, 7) is 8.37. The minimum atomic E-state index is -0.243. The zero-order chi connectivity index (χ0) is 12.5. The van der Waals surface area contributed by atoms with Crippen molar-refractivity contribution in [3.63, 3.8) is 0 Å². The zero-order valence-corrected chi connectivity index (χ0v) is 11.6. The van der Waals surface area contributed by atoms with Crippen molar-refractivity contribution in [1.82, 2.24) is 4.98 Å². The van der Waals surface area contributed by atoms with Gasteiger partial charge in [0.1, 0.15) is 0 Å². The van der Waals surface area contributed by atoms with Gasteiger partial charge in [-0.15, -0.1) is 11.3 Å². The van der Waals surface area contributed by atoms with Crippen LogP contribution in [0.15, 0.2) is 5.51 Å². The van der Waals surface area contributed by atoms with Crippen LogP contribution in [0.4, 0.5) is 0 Å². The predicted molar refractivity (Wildman–Crippen MR) is 68.4 cm³/mol. The van der Waals surface area contributed by atoms with Crippen LogP contribution in [0, 0.1) is 6.92 Å². The average molecular weight is 259 g/mol. The Bertz CT molecular complexity index is 298. The molecule has 17 heavy (non-hydrogen) atoms. The van der Waals surface area contributed by atoms with Gasteiger partial charge in [-0.3, -0.25) is 0 Å². The van der Waals surface area contributed by atoms with E-state index in [-0.39, 0.29) is 6.29 Å². The van der Waals surface area contributed by atoms with Crippen molar-refractivity contribution in [2.75, 3.05) is 26.4 Å². The van der Waals surface area contributed by atoms with Crippen LogP contribution in [0.25, 0.3) is 0 Å². The molecule has 5 heteroatoms. The molecule has 0 saturated heterocycles. The van der Waals surface area contributed by atoms with E-state index in [1.165, 1.54) is 4.88 Å². The standard InChI is InChI=1S/C12H21NO3S/c1-4-15-12(16-5-2)8-14-7-6-11-10(3)13-9-17-11/h9,12H,4-8H2,1-3H3. The topological polar surface area (TPSA) is 40.6 Å². The maximum Gasteiger partial charge on any atom is 0.180 e. The van der Waals surface area contributed by atoms with Gasteiger partial charge >= 0.3 is 0 Å². The fourth-order valence-corrected chi connectivity index (χ4v) is 2.19. The predicted octanol–water partition coefficient (Wildman–Crippen LogP) is 2.41. The van der Waals surface area contributed by atoms with Gasteiger partial charge in [0.2, 0.25) is 0 Å². The highest BCUT2D eigenvalue weighted by molar-refractivity contribution is 7.09. The molecule has 0 aliphatic heterocycles. The van der Waals surface area contributed by atoms with Crippen molar-refractivity contribution < 1.29 is 14.2 Å². The third-order valence-electron chi connectivity index (χ3n) is 2.28. The van der Waals surface area contributed by atoms with E-state index in [9.17, 15) is 0 Å². The molecule has 0 radical (unpaired) electrons. The van der Waals surface area contributed by atoms with E-state index in [1.54, 1.807) is 11.3 Å². The highest BCUT2D eigenvalue weighted by Crippen LogP contribution is 2.12. The normalized spacial score (nSPS) is 11.3. The summed E-state index contributed by atoms with van der Waals surface area (Å²) in [6.07, 6.45) is 0.661. The molecule has 4 nitrogen and oxygen atoms in total. The van der Waals surface area contributed by atoms with Crippen molar-refractivity contribution in [3.8, 4) is 0 Å². The quantitative estimate of drug-likeness (QED) is 0.504. The minimum absolute atomic E-state index is 0.243. The molecular weight excluding hydrogens is 238 g/mol. The first kappa shape index (κ1) is 14.6. The van der Waals surface area contributed by atoms with Crippen molar-refractivity contribution in [1.29, 1.82) is 0 Å². The SMILES string of the molecule is CCOC(COCCc1scnc1C)OCC. The number of nitrogens with zero attached hydrogens (tertiary/aromatic N) is 1. The second kappa shape index (κ2) is 8.58. The molecule has 1 aromatic rings. The number of thiazole rings is 1. The first-order chi connectivity index (χ1) is 8.27. The fourth-order valence-electron chi connectivity index (χ4n) is 1.43. The van der Waals surface area contributed by atoms with Crippen molar-refractivity contribution in [2.45, 2.75) is 33.5 Å². The van der Waals surface area contributed by atoms with E-state index in [4.69, 9.17) is 14.2 Å². The summed E-state index contributed by atoms with van der Waals surface area (Å²) in [5.74, 6) is 0. The monoisotopic (exact) mass is 259 g/mol. The van der Waals surface area contributed by atoms with Gasteiger partial charge in [-0.1, -0.05) is 0 Å². The Morgan fingerprint density at radius 3 is 2.53 bits per heavy atom. The second-order valence-electron chi connectivity index (χ2n) is 3.53. The number of rotatable bonds is 9. The maximum atomic E-state index is 5.56. The maximum absolute atomic E-state index is 5.56. The van der Waals surface area contributed by atoms with Crippen molar-refractivity contribution in [2.24, 2.45) is 0 Å². The Labute approximate surface area is 107 Å². The van der Waals surface area contributed by atoms with Gasteiger partial charge in [0, 0.05) is 24.5 Å². The molecule has 0 amide bonds. The van der Waals surface area contributed by atoms with Crippen LogP contribution in [0.3, 0.4) is 0 Å². The van der Waals surface area contributed by atoms with E-state index >= 15 is 0 Å². The lowest BCUT2D eigenvalue weighted by Crippen LogP contribution is -2.24. The molecule has 0 aromatic carbocycles. The Morgan fingerprint density at radius 1 is 1.29 bits per heavy atom. The largest absolute Gasteiger partial charge is 0.376 e. The lowest BCUT2D eigenvalue weighted by molar-refractivity contribution is -0.167. The zero-order valence-electron chi connectivity index (χ0n) is 10.8. The number of aromatic nitrogens is 1. The summed E-state index contributed by atoms with van der Waals surface area (Å²) in [6, 6.07) is 0. The lowest BCUT2D eigenvalue weighted by atomic mass is 10.3. The lowest BCUT2D eigenvalue weighted by Gasteiger charge is -2.16. The first-order valence-corrected chi connectivity index (χ1v) is 6.85. The summed E-state index contributed by atoms with van der Waals surface area (Å²) in [4.78, 5) is 5.49. The van der Waals surface area contributed by atoms with Crippen LogP contribution >= 0.6 is 11.3 Å². The average Bonchev–Trinajstić information content (AvgIpc) is 2.71. The van der Waals surface area contributed by atoms with E-state index in [2.05, 4.69) is 4.98 Å². The van der Waals surface area contributed by atoms with Crippen LogP contribution in [0.2, 0.25) is 0 Å². The molecule has 0 unspecified atom stereocenters. The summed E-state index contributed by atoms with van der Waals surface area (Å²) >= 11 is 1.68. The number of hydrogen-bond acceptors (Lipinski definition) is 5. The molecule has 0 bridgehead atoms. The molecule has 1 heterocycles. The second-order valence-corrected chi connectivity index (χ2v) is 4.47. The molecule has 1 aromatic heterocycles. The van der Waals surface area contributed by atoms with Gasteiger partial charge in [-0.05, 0) is 20.8 Å². The third-order valence-corrected chi connectivity index (χ3v) is 3.27. The van der Waals surface area contributed by atoms with Crippen LogP contribution in [-0.2, 0) is 20.6 Å². The number of hydrogen-bond donors (Lipinski definition) is 0. The van der Waals surface area contributed by atoms with E-state index in [0.717, 1.165) is 12.1 Å². The molecule has 0 saturated carbocycles. The van der Waals surface area contributed by atoms with Gasteiger partial charge in [-0.25, -0.2) is 4.98 Å². The Hall–Kier alpha value is -0.490. The Kier molecular flexibility index (Phi) is 7.35. The molecule has 1 rings (SSSR count). The van der Waals surface area contributed by atoms with E-state index < -0.39 is 0 Å². The summed E-state index contributed by atoms with van der Waals surface area (Å²) in [7, 11) is 0. The van der Waals surface area contributed by atoms with Crippen LogP contribution in [0.1, 0.15) is 24.4 Å². The molecule has 0 fully saturated rings. The van der Waals surface area contributed by atoms with E-state index in [0.29, 0.717) is 26.4 Å². The fraction of sp³-hybridized carbons (Fsp3) is 0.750. The number of aryl methyl sites for hydroxylation is 1. The van der Waals surface area contributed by atoms with Gasteiger partial charge in [0.05, 0.1) is 24.4 Å². The summed E-state index contributed by atoms with van der Waals surface area (Å²) in [5.41, 5.74) is 2.97. The summed E-state index contributed by atoms with van der Waals surface area (Å²) in [5, 5.41) is 0. The molecule has 0 aliphatic rings. The molecule has 0 aliphatic carbocycles. The van der Waals surface area contributed by atoms with Crippen LogP contribution in [-0.4, -0.2) is 37.7 Å². The number of ether oxygens (including phenoxy) is 3. The van der Waals surface area contributed by atoms with Gasteiger partial charge in [0.25, 0.3) is 0 Å². The Morgan fingerprint density at radius 2 is 2.00 bits per heavy atom. The smallest absolute Gasteiger partial charge is 0.180 e. The van der Waals surface area contributed by atoms with Crippen molar-refractivity contribution in [3.05, 3.63) is 16.1 Å². The molecule has 0 spiro atoms. The molecular formula is C12H21NO3S. The third kappa shape index (κ3) is 5.59. The molecule has 0 N–H and O–H groups in total. The van der Waals surface area contributed by atoms with Crippen molar-refractivity contribution >= 4 is 11.3 Å². The van der Waals surface area contributed by atoms with E-state index in [1.807, 2.05) is 26.3 Å². The van der Waals surface area contributed by atoms with Crippen LogP contribution < -0.4 is 0 Å². The Balaban J connectivity index is 2.15. The van der Waals surface area contributed by atoms with Gasteiger partial charge < -0.3 is 14.2 Å². The van der Waals surface area contributed by atoms with Crippen LogP contribution in [0.5, 0.6) is 0 Å². The minimum Gasteiger partial charge on any atom is -0.376 e. The van der Waals surface area contributed by atoms with Gasteiger partial charge in [0.15, 0.2) is 6.29 Å². The molecule has 98 valence electrons. The summed E-state index contributed by atoms with van der Waals surface area (Å²) < 4.78 is 16.3. The first-order valence-electron chi connectivity index (χ1n) is 5.97.